The molecule has 0 unspecified atom stereocenters. The molecule has 0 aromatic heterocycles. The SMILES string of the molecule is OC[C@H]1CCNC[C@H]1F. The highest BCUT2D eigenvalue weighted by atomic mass is 19.1. The summed E-state index contributed by atoms with van der Waals surface area (Å²) in [4.78, 5) is 0. The van der Waals surface area contributed by atoms with Gasteiger partial charge in [-0.1, -0.05) is 0 Å². The summed E-state index contributed by atoms with van der Waals surface area (Å²) in [7, 11) is 0. The summed E-state index contributed by atoms with van der Waals surface area (Å²) < 4.78 is 12.6. The molecular formula is C6H12FNO. The molecular weight excluding hydrogens is 121 g/mol. The standard InChI is InChI=1S/C6H12FNO/c7-6-3-8-2-1-5(6)4-9/h5-6,8-9H,1-4H2/t5-,6-/m1/s1. The van der Waals surface area contributed by atoms with Crippen LogP contribution in [0.1, 0.15) is 6.42 Å². The number of aliphatic hydroxyl groups is 1. The van der Waals surface area contributed by atoms with E-state index in [1.165, 1.54) is 0 Å². The Morgan fingerprint density at radius 3 is 2.89 bits per heavy atom. The number of rotatable bonds is 1. The van der Waals surface area contributed by atoms with Gasteiger partial charge < -0.3 is 10.4 Å². The van der Waals surface area contributed by atoms with Crippen molar-refractivity contribution in [2.45, 2.75) is 12.6 Å². The number of hydrogen-bond acceptors (Lipinski definition) is 2. The zero-order valence-electron chi connectivity index (χ0n) is 5.31. The van der Waals surface area contributed by atoms with Gasteiger partial charge >= 0.3 is 0 Å². The maximum atomic E-state index is 12.6. The Kier molecular flexibility index (Phi) is 2.42. The fourth-order valence-electron chi connectivity index (χ4n) is 1.08. The van der Waals surface area contributed by atoms with E-state index in [9.17, 15) is 4.39 Å². The van der Waals surface area contributed by atoms with Crippen molar-refractivity contribution < 1.29 is 9.50 Å². The van der Waals surface area contributed by atoms with Gasteiger partial charge in [0.25, 0.3) is 0 Å². The second-order valence-corrected chi connectivity index (χ2v) is 2.45. The first kappa shape index (κ1) is 6.96. The molecule has 0 spiro atoms. The highest BCUT2D eigenvalue weighted by Crippen LogP contribution is 2.13. The summed E-state index contributed by atoms with van der Waals surface area (Å²) in [5.74, 6) is -0.119. The van der Waals surface area contributed by atoms with Crippen LogP contribution in [0.2, 0.25) is 0 Å². The van der Waals surface area contributed by atoms with Gasteiger partial charge in [-0.25, -0.2) is 4.39 Å². The van der Waals surface area contributed by atoms with Gasteiger partial charge in [-0.05, 0) is 13.0 Å². The van der Waals surface area contributed by atoms with Crippen molar-refractivity contribution in [3.63, 3.8) is 0 Å². The van der Waals surface area contributed by atoms with Crippen LogP contribution in [-0.2, 0) is 0 Å². The maximum Gasteiger partial charge on any atom is 0.118 e. The van der Waals surface area contributed by atoms with Gasteiger partial charge in [0, 0.05) is 19.1 Å². The molecule has 1 saturated heterocycles. The molecule has 1 aliphatic heterocycles. The molecule has 1 fully saturated rings. The Hall–Kier alpha value is -0.150. The monoisotopic (exact) mass is 133 g/mol. The molecule has 0 aliphatic carbocycles. The molecule has 0 bridgehead atoms. The minimum atomic E-state index is -0.844. The van der Waals surface area contributed by atoms with Crippen molar-refractivity contribution in [3.8, 4) is 0 Å². The first-order valence-corrected chi connectivity index (χ1v) is 3.30. The molecule has 2 nitrogen and oxygen atoms in total. The number of halogens is 1. The van der Waals surface area contributed by atoms with Crippen molar-refractivity contribution in [2.24, 2.45) is 5.92 Å². The molecule has 9 heavy (non-hydrogen) atoms. The Bertz CT molecular complexity index is 89.1. The molecule has 2 N–H and O–H groups in total. The second-order valence-electron chi connectivity index (χ2n) is 2.45. The predicted octanol–water partition coefficient (Wildman–Crippen LogP) is -0.0737. The van der Waals surface area contributed by atoms with Crippen LogP contribution in [0.4, 0.5) is 4.39 Å². The fourth-order valence-corrected chi connectivity index (χ4v) is 1.08. The quantitative estimate of drug-likeness (QED) is 0.524. The highest BCUT2D eigenvalue weighted by molar-refractivity contribution is 4.76. The predicted molar refractivity (Wildman–Crippen MR) is 33.0 cm³/mol. The molecule has 0 radical (unpaired) electrons. The summed E-state index contributed by atoms with van der Waals surface area (Å²) in [6.45, 7) is 1.24. The first-order chi connectivity index (χ1) is 4.34. The Morgan fingerprint density at radius 2 is 2.44 bits per heavy atom. The van der Waals surface area contributed by atoms with Crippen molar-refractivity contribution >= 4 is 0 Å². The number of hydrogen-bond donors (Lipinski definition) is 2. The van der Waals surface area contributed by atoms with Crippen LogP contribution in [0.15, 0.2) is 0 Å². The molecule has 2 atom stereocenters. The van der Waals surface area contributed by atoms with Gasteiger partial charge in [0.15, 0.2) is 0 Å². The summed E-state index contributed by atoms with van der Waals surface area (Å²) >= 11 is 0. The van der Waals surface area contributed by atoms with E-state index in [0.717, 1.165) is 13.0 Å². The molecule has 54 valence electrons. The molecule has 1 aliphatic rings. The second kappa shape index (κ2) is 3.13. The third-order valence-electron chi connectivity index (χ3n) is 1.78. The van der Waals surface area contributed by atoms with Crippen LogP contribution >= 0.6 is 0 Å². The maximum absolute atomic E-state index is 12.6. The van der Waals surface area contributed by atoms with E-state index in [1.54, 1.807) is 0 Å². The molecule has 0 aromatic carbocycles. The minimum Gasteiger partial charge on any atom is -0.396 e. The third kappa shape index (κ3) is 1.63. The van der Waals surface area contributed by atoms with Gasteiger partial charge in [0.1, 0.15) is 6.17 Å². The lowest BCUT2D eigenvalue weighted by Crippen LogP contribution is -2.39. The lowest BCUT2D eigenvalue weighted by molar-refractivity contribution is 0.111. The molecule has 3 heteroatoms. The van der Waals surface area contributed by atoms with Gasteiger partial charge in [0.05, 0.1) is 0 Å². The summed E-state index contributed by atoms with van der Waals surface area (Å²) in [6, 6.07) is 0. The van der Waals surface area contributed by atoms with E-state index >= 15 is 0 Å². The lowest BCUT2D eigenvalue weighted by atomic mass is 9.97. The van der Waals surface area contributed by atoms with Crippen LogP contribution in [0.3, 0.4) is 0 Å². The van der Waals surface area contributed by atoms with Crippen molar-refractivity contribution in [1.29, 1.82) is 0 Å². The summed E-state index contributed by atoms with van der Waals surface area (Å²) in [5, 5.41) is 11.5. The van der Waals surface area contributed by atoms with E-state index < -0.39 is 6.17 Å². The zero-order valence-corrected chi connectivity index (χ0v) is 5.31. The van der Waals surface area contributed by atoms with Crippen LogP contribution in [0.25, 0.3) is 0 Å². The van der Waals surface area contributed by atoms with Crippen molar-refractivity contribution in [2.75, 3.05) is 19.7 Å². The first-order valence-electron chi connectivity index (χ1n) is 3.30. The summed E-state index contributed by atoms with van der Waals surface area (Å²) in [5.41, 5.74) is 0. The normalized spacial score (nSPS) is 36.7. The van der Waals surface area contributed by atoms with E-state index in [4.69, 9.17) is 5.11 Å². The van der Waals surface area contributed by atoms with Gasteiger partial charge in [-0.2, -0.15) is 0 Å². The molecule has 1 heterocycles. The third-order valence-corrected chi connectivity index (χ3v) is 1.78. The molecule has 0 amide bonds. The highest BCUT2D eigenvalue weighted by Gasteiger charge is 2.22. The summed E-state index contributed by atoms with van der Waals surface area (Å²) in [6.07, 6.45) is -0.0822. The Labute approximate surface area is 54.1 Å². The minimum absolute atomic E-state index is 0.0111. The van der Waals surface area contributed by atoms with Gasteiger partial charge in [0.2, 0.25) is 0 Å². The van der Waals surface area contributed by atoms with Crippen LogP contribution in [-0.4, -0.2) is 31.0 Å². The molecule has 0 aromatic rings. The largest absolute Gasteiger partial charge is 0.396 e. The van der Waals surface area contributed by atoms with E-state index in [2.05, 4.69) is 5.32 Å². The van der Waals surface area contributed by atoms with E-state index in [0.29, 0.717) is 6.54 Å². The molecule has 1 rings (SSSR count). The Morgan fingerprint density at radius 1 is 1.67 bits per heavy atom. The van der Waals surface area contributed by atoms with E-state index in [-0.39, 0.29) is 12.5 Å². The zero-order chi connectivity index (χ0) is 6.69. The van der Waals surface area contributed by atoms with Gasteiger partial charge in [-0.15, -0.1) is 0 Å². The van der Waals surface area contributed by atoms with Crippen molar-refractivity contribution in [1.82, 2.24) is 5.32 Å². The van der Waals surface area contributed by atoms with Crippen LogP contribution in [0, 0.1) is 5.92 Å². The smallest absolute Gasteiger partial charge is 0.118 e. The lowest BCUT2D eigenvalue weighted by Gasteiger charge is -2.24. The molecule has 0 saturated carbocycles. The van der Waals surface area contributed by atoms with Gasteiger partial charge in [-0.3, -0.25) is 0 Å². The Balaban J connectivity index is 2.30. The van der Waals surface area contributed by atoms with Crippen molar-refractivity contribution in [3.05, 3.63) is 0 Å². The number of nitrogens with one attached hydrogen (secondary N) is 1. The van der Waals surface area contributed by atoms with Crippen LogP contribution < -0.4 is 5.32 Å². The van der Waals surface area contributed by atoms with Crippen LogP contribution in [0.5, 0.6) is 0 Å². The number of aliphatic hydroxyl groups excluding tert-OH is 1. The average molecular weight is 133 g/mol. The number of alkyl halides is 1. The average Bonchev–Trinajstić information content (AvgIpc) is 1.89. The fraction of sp³-hybridized carbons (Fsp3) is 1.00. The number of piperidine rings is 1. The topological polar surface area (TPSA) is 32.3 Å². The van der Waals surface area contributed by atoms with E-state index in [1.807, 2.05) is 0 Å².